The van der Waals surface area contributed by atoms with Gasteiger partial charge in [-0.05, 0) is 24.6 Å². The number of nitrogens with zero attached hydrogens (tertiary/aromatic N) is 2. The fourth-order valence-corrected chi connectivity index (χ4v) is 1.70. The Balaban J connectivity index is 2.29. The highest BCUT2D eigenvalue weighted by Gasteiger charge is 2.08. The summed E-state index contributed by atoms with van der Waals surface area (Å²) in [7, 11) is 1.56. The van der Waals surface area contributed by atoms with Gasteiger partial charge in [-0.2, -0.15) is 4.98 Å². The summed E-state index contributed by atoms with van der Waals surface area (Å²) in [6.45, 7) is 2.22. The zero-order valence-corrected chi connectivity index (χ0v) is 11.4. The number of hydrogen-bond acceptors (Lipinski definition) is 5. The van der Waals surface area contributed by atoms with Crippen LogP contribution in [0, 0.1) is 6.92 Å². The van der Waals surface area contributed by atoms with E-state index >= 15 is 0 Å². The van der Waals surface area contributed by atoms with Crippen molar-refractivity contribution < 1.29 is 9.47 Å². The fraction of sp³-hybridized carbons (Fsp3) is 0.231. The molecule has 0 aliphatic heterocycles. The van der Waals surface area contributed by atoms with E-state index in [2.05, 4.69) is 9.97 Å². The van der Waals surface area contributed by atoms with Crippen molar-refractivity contribution in [1.29, 1.82) is 0 Å². The lowest BCUT2D eigenvalue weighted by Gasteiger charge is -2.09. The van der Waals surface area contributed by atoms with Crippen LogP contribution in [0.1, 0.15) is 11.4 Å². The summed E-state index contributed by atoms with van der Waals surface area (Å²) in [4.78, 5) is 8.23. The van der Waals surface area contributed by atoms with E-state index in [0.29, 0.717) is 28.3 Å². The predicted octanol–water partition coefficient (Wildman–Crippen LogP) is 2.96. The van der Waals surface area contributed by atoms with E-state index in [4.69, 9.17) is 26.8 Å². The molecule has 0 saturated heterocycles. The molecule has 0 amide bonds. The Hall–Kier alpha value is -1.85. The molecule has 2 aromatic rings. The number of nitrogens with two attached hydrogens (primary N) is 1. The summed E-state index contributed by atoms with van der Waals surface area (Å²) in [5.41, 5.74) is 6.73. The molecule has 5 nitrogen and oxygen atoms in total. The number of halogens is 1. The van der Waals surface area contributed by atoms with E-state index in [1.54, 1.807) is 13.2 Å². The molecule has 0 atom stereocenters. The number of anilines is 1. The minimum absolute atomic E-state index is 0.267. The van der Waals surface area contributed by atoms with Gasteiger partial charge >= 0.3 is 0 Å². The topological polar surface area (TPSA) is 70.3 Å². The Morgan fingerprint density at radius 3 is 2.79 bits per heavy atom. The van der Waals surface area contributed by atoms with Crippen LogP contribution < -0.4 is 10.5 Å². The standard InChI is InChI=1S/C13H14ClN3O2/c1-8-3-4-9(14)10(5-8)19-13-6-11(15)16-12(17-13)7-18-2/h3-6H,7H2,1-2H3,(H2,15,16,17). The van der Waals surface area contributed by atoms with E-state index in [0.717, 1.165) is 5.56 Å². The van der Waals surface area contributed by atoms with Gasteiger partial charge in [-0.25, -0.2) is 4.98 Å². The van der Waals surface area contributed by atoms with Gasteiger partial charge in [-0.15, -0.1) is 0 Å². The lowest BCUT2D eigenvalue weighted by molar-refractivity contribution is 0.177. The maximum absolute atomic E-state index is 6.06. The molecule has 0 aliphatic carbocycles. The third-order valence-corrected chi connectivity index (χ3v) is 2.66. The second-order valence-corrected chi connectivity index (χ2v) is 4.42. The lowest BCUT2D eigenvalue weighted by atomic mass is 10.2. The third-order valence-electron chi connectivity index (χ3n) is 2.34. The van der Waals surface area contributed by atoms with Crippen LogP contribution in [0.25, 0.3) is 0 Å². The Morgan fingerprint density at radius 1 is 1.26 bits per heavy atom. The summed E-state index contributed by atoms with van der Waals surface area (Å²) in [5, 5.41) is 0.510. The van der Waals surface area contributed by atoms with Gasteiger partial charge in [0.1, 0.15) is 18.2 Å². The second kappa shape index (κ2) is 5.86. The van der Waals surface area contributed by atoms with Crippen LogP contribution in [-0.4, -0.2) is 17.1 Å². The van der Waals surface area contributed by atoms with E-state index in [9.17, 15) is 0 Å². The van der Waals surface area contributed by atoms with Crippen LogP contribution in [0.3, 0.4) is 0 Å². The van der Waals surface area contributed by atoms with Crippen molar-refractivity contribution >= 4 is 17.4 Å². The molecule has 0 aliphatic rings. The summed E-state index contributed by atoms with van der Waals surface area (Å²) >= 11 is 6.06. The van der Waals surface area contributed by atoms with Gasteiger partial charge < -0.3 is 15.2 Å². The van der Waals surface area contributed by atoms with Crippen LogP contribution in [0.4, 0.5) is 5.82 Å². The second-order valence-electron chi connectivity index (χ2n) is 4.02. The highest BCUT2D eigenvalue weighted by molar-refractivity contribution is 6.32. The number of benzene rings is 1. The first kappa shape index (κ1) is 13.6. The highest BCUT2D eigenvalue weighted by Crippen LogP contribution is 2.29. The number of hydrogen-bond donors (Lipinski definition) is 1. The first-order valence-electron chi connectivity index (χ1n) is 5.65. The summed E-state index contributed by atoms with van der Waals surface area (Å²) in [6, 6.07) is 7.04. The molecule has 0 radical (unpaired) electrons. The van der Waals surface area contributed by atoms with Gasteiger partial charge in [0.05, 0.1) is 5.02 Å². The van der Waals surface area contributed by atoms with Crippen LogP contribution in [0.5, 0.6) is 11.6 Å². The molecule has 1 aromatic carbocycles. The third kappa shape index (κ3) is 3.56. The van der Waals surface area contributed by atoms with Gasteiger partial charge in [0, 0.05) is 13.2 Å². The summed E-state index contributed by atoms with van der Waals surface area (Å²) in [6.07, 6.45) is 0. The molecule has 0 fully saturated rings. The van der Waals surface area contributed by atoms with Crippen molar-refractivity contribution in [2.24, 2.45) is 0 Å². The van der Waals surface area contributed by atoms with E-state index in [1.165, 1.54) is 6.07 Å². The Kier molecular flexibility index (Phi) is 4.19. The molecule has 2 N–H and O–H groups in total. The predicted molar refractivity (Wildman–Crippen MR) is 73.4 cm³/mol. The maximum atomic E-state index is 6.06. The smallest absolute Gasteiger partial charge is 0.224 e. The maximum Gasteiger partial charge on any atom is 0.224 e. The van der Waals surface area contributed by atoms with Crippen LogP contribution in [0.15, 0.2) is 24.3 Å². The molecule has 6 heteroatoms. The van der Waals surface area contributed by atoms with Gasteiger partial charge in [-0.1, -0.05) is 17.7 Å². The molecule has 19 heavy (non-hydrogen) atoms. The molecule has 0 bridgehead atoms. The first-order chi connectivity index (χ1) is 9.08. The van der Waals surface area contributed by atoms with Crippen LogP contribution in [-0.2, 0) is 11.3 Å². The summed E-state index contributed by atoms with van der Waals surface area (Å²) < 4.78 is 10.6. The minimum Gasteiger partial charge on any atom is -0.437 e. The number of aryl methyl sites for hydroxylation is 1. The Labute approximate surface area is 116 Å². The van der Waals surface area contributed by atoms with Gasteiger partial charge in [0.2, 0.25) is 5.88 Å². The number of rotatable bonds is 4. The molecular formula is C13H14ClN3O2. The molecule has 0 spiro atoms. The zero-order chi connectivity index (χ0) is 13.8. The molecule has 100 valence electrons. The van der Waals surface area contributed by atoms with Crippen LogP contribution >= 0.6 is 11.6 Å². The molecule has 0 unspecified atom stereocenters. The largest absolute Gasteiger partial charge is 0.437 e. The fourth-order valence-electron chi connectivity index (χ4n) is 1.54. The Bertz CT molecular complexity index is 590. The average molecular weight is 280 g/mol. The molecule has 0 saturated carbocycles. The lowest BCUT2D eigenvalue weighted by Crippen LogP contribution is -2.02. The van der Waals surface area contributed by atoms with Gasteiger partial charge in [-0.3, -0.25) is 0 Å². The van der Waals surface area contributed by atoms with Crippen LogP contribution in [0.2, 0.25) is 5.02 Å². The average Bonchev–Trinajstić information content (AvgIpc) is 2.33. The van der Waals surface area contributed by atoms with Crippen molar-refractivity contribution in [2.75, 3.05) is 12.8 Å². The first-order valence-corrected chi connectivity index (χ1v) is 6.02. The molecular weight excluding hydrogens is 266 g/mol. The van der Waals surface area contributed by atoms with Crippen molar-refractivity contribution in [3.63, 3.8) is 0 Å². The Morgan fingerprint density at radius 2 is 2.05 bits per heavy atom. The molecule has 1 aromatic heterocycles. The number of ether oxygens (including phenoxy) is 2. The van der Waals surface area contributed by atoms with Crippen molar-refractivity contribution in [3.8, 4) is 11.6 Å². The quantitative estimate of drug-likeness (QED) is 0.932. The monoisotopic (exact) mass is 279 g/mol. The van der Waals surface area contributed by atoms with E-state index in [1.807, 2.05) is 19.1 Å². The van der Waals surface area contributed by atoms with Crippen molar-refractivity contribution in [3.05, 3.63) is 40.7 Å². The van der Waals surface area contributed by atoms with Gasteiger partial charge in [0.25, 0.3) is 0 Å². The van der Waals surface area contributed by atoms with Gasteiger partial charge in [0.15, 0.2) is 5.82 Å². The van der Waals surface area contributed by atoms with E-state index < -0.39 is 0 Å². The zero-order valence-electron chi connectivity index (χ0n) is 10.7. The number of nitrogen functional groups attached to an aromatic ring is 1. The summed E-state index contributed by atoms with van der Waals surface area (Å²) in [5.74, 6) is 1.65. The van der Waals surface area contributed by atoms with Crippen molar-refractivity contribution in [2.45, 2.75) is 13.5 Å². The van der Waals surface area contributed by atoms with Crippen molar-refractivity contribution in [1.82, 2.24) is 9.97 Å². The highest BCUT2D eigenvalue weighted by atomic mass is 35.5. The minimum atomic E-state index is 0.267. The SMILES string of the molecule is COCc1nc(N)cc(Oc2cc(C)ccc2Cl)n1. The van der Waals surface area contributed by atoms with E-state index in [-0.39, 0.29) is 6.61 Å². The number of methoxy groups -OCH3 is 1. The molecule has 1 heterocycles. The number of aromatic nitrogens is 2. The molecule has 2 rings (SSSR count). The normalized spacial score (nSPS) is 10.5.